The van der Waals surface area contributed by atoms with Crippen molar-refractivity contribution in [3.63, 3.8) is 0 Å². The van der Waals surface area contributed by atoms with Crippen LogP contribution in [0.1, 0.15) is 16.1 Å². The number of H-pyrrole nitrogens is 1. The van der Waals surface area contributed by atoms with Crippen molar-refractivity contribution in [2.24, 2.45) is 0 Å². The molecular weight excluding hydrogens is 232 g/mol. The maximum absolute atomic E-state index is 12.2. The summed E-state index contributed by atoms with van der Waals surface area (Å²) in [4.78, 5) is 27.0. The highest BCUT2D eigenvalue weighted by atomic mass is 16.3. The van der Waals surface area contributed by atoms with Gasteiger partial charge in [0.05, 0.1) is 6.33 Å². The molecule has 6 nitrogen and oxygen atoms in total. The second-order valence-corrected chi connectivity index (χ2v) is 3.70. The van der Waals surface area contributed by atoms with E-state index in [1.807, 2.05) is 0 Å². The SMILES string of the molecule is O=C(c1ccc(O)cc1)c1ncnc2nc[nH]c12. The summed E-state index contributed by atoms with van der Waals surface area (Å²) >= 11 is 0. The number of nitrogens with one attached hydrogen (secondary N) is 1. The number of phenolic OH excluding ortho intramolecular Hbond substituents is 1. The monoisotopic (exact) mass is 240 g/mol. The highest BCUT2D eigenvalue weighted by molar-refractivity contribution is 6.13. The van der Waals surface area contributed by atoms with Gasteiger partial charge in [-0.1, -0.05) is 0 Å². The van der Waals surface area contributed by atoms with Crippen LogP contribution in [0.25, 0.3) is 11.2 Å². The van der Waals surface area contributed by atoms with Crippen LogP contribution in [0.5, 0.6) is 5.75 Å². The lowest BCUT2D eigenvalue weighted by Crippen LogP contribution is -2.05. The van der Waals surface area contributed by atoms with E-state index in [2.05, 4.69) is 19.9 Å². The standard InChI is InChI=1S/C12H8N4O2/c17-8-3-1-7(2-4-8)11(18)9-10-12(15-5-13-9)16-6-14-10/h1-6,17H,(H,13,14,15,16). The number of rotatable bonds is 2. The Morgan fingerprint density at radius 3 is 2.67 bits per heavy atom. The number of phenols is 1. The third-order valence-electron chi connectivity index (χ3n) is 2.57. The molecule has 6 heteroatoms. The van der Waals surface area contributed by atoms with Gasteiger partial charge < -0.3 is 10.1 Å². The average molecular weight is 240 g/mol. The van der Waals surface area contributed by atoms with Crippen molar-refractivity contribution in [3.8, 4) is 5.75 Å². The van der Waals surface area contributed by atoms with Crippen molar-refractivity contribution in [1.29, 1.82) is 0 Å². The fourth-order valence-electron chi connectivity index (χ4n) is 1.69. The number of nitrogens with zero attached hydrogens (tertiary/aromatic N) is 3. The van der Waals surface area contributed by atoms with Crippen molar-refractivity contribution in [2.45, 2.75) is 0 Å². The summed E-state index contributed by atoms with van der Waals surface area (Å²) in [7, 11) is 0. The second-order valence-electron chi connectivity index (χ2n) is 3.70. The van der Waals surface area contributed by atoms with Crippen LogP contribution in [0, 0.1) is 0 Å². The number of imidazole rings is 1. The minimum atomic E-state index is -0.244. The minimum absolute atomic E-state index is 0.112. The second kappa shape index (κ2) is 3.92. The summed E-state index contributed by atoms with van der Waals surface area (Å²) in [6.45, 7) is 0. The highest BCUT2D eigenvalue weighted by Crippen LogP contribution is 2.16. The zero-order valence-electron chi connectivity index (χ0n) is 9.16. The molecule has 18 heavy (non-hydrogen) atoms. The van der Waals surface area contributed by atoms with Gasteiger partial charge in [-0.15, -0.1) is 0 Å². The smallest absolute Gasteiger partial charge is 0.213 e. The Morgan fingerprint density at radius 2 is 1.89 bits per heavy atom. The van der Waals surface area contributed by atoms with E-state index in [-0.39, 0.29) is 17.2 Å². The quantitative estimate of drug-likeness (QED) is 0.658. The molecule has 1 aromatic carbocycles. The third kappa shape index (κ3) is 1.60. The fourth-order valence-corrected chi connectivity index (χ4v) is 1.69. The summed E-state index contributed by atoms with van der Waals surface area (Å²) in [6.07, 6.45) is 2.77. The van der Waals surface area contributed by atoms with Crippen molar-refractivity contribution in [1.82, 2.24) is 19.9 Å². The van der Waals surface area contributed by atoms with Gasteiger partial charge in [0, 0.05) is 5.56 Å². The fraction of sp³-hybridized carbons (Fsp3) is 0. The van der Waals surface area contributed by atoms with Gasteiger partial charge in [-0.25, -0.2) is 15.0 Å². The molecule has 0 saturated carbocycles. The number of benzene rings is 1. The van der Waals surface area contributed by atoms with Crippen LogP contribution in [0.3, 0.4) is 0 Å². The van der Waals surface area contributed by atoms with Crippen molar-refractivity contribution in [2.75, 3.05) is 0 Å². The number of carbonyl (C=O) groups excluding carboxylic acids is 1. The average Bonchev–Trinajstić information content (AvgIpc) is 2.87. The molecule has 0 aliphatic rings. The molecule has 0 bridgehead atoms. The number of aromatic amines is 1. The van der Waals surface area contributed by atoms with Crippen LogP contribution in [-0.4, -0.2) is 30.8 Å². The molecule has 0 spiro atoms. The van der Waals surface area contributed by atoms with E-state index in [1.165, 1.54) is 24.8 Å². The first-order valence-electron chi connectivity index (χ1n) is 5.23. The molecule has 0 aliphatic carbocycles. The van der Waals surface area contributed by atoms with Crippen molar-refractivity contribution < 1.29 is 9.90 Å². The lowest BCUT2D eigenvalue weighted by Gasteiger charge is -2.01. The lowest BCUT2D eigenvalue weighted by molar-refractivity contribution is 0.103. The molecule has 88 valence electrons. The zero-order chi connectivity index (χ0) is 12.5. The first-order chi connectivity index (χ1) is 8.75. The van der Waals surface area contributed by atoms with Gasteiger partial charge in [0.25, 0.3) is 0 Å². The summed E-state index contributed by atoms with van der Waals surface area (Å²) < 4.78 is 0. The Kier molecular flexibility index (Phi) is 2.26. The number of hydrogen-bond acceptors (Lipinski definition) is 5. The first kappa shape index (κ1) is 10.4. The molecule has 0 unspecified atom stereocenters. The molecule has 0 saturated heterocycles. The molecule has 2 N–H and O–H groups in total. The van der Waals surface area contributed by atoms with Gasteiger partial charge >= 0.3 is 0 Å². The van der Waals surface area contributed by atoms with Crippen molar-refractivity contribution in [3.05, 3.63) is 48.2 Å². The largest absolute Gasteiger partial charge is 0.508 e. The number of hydrogen-bond donors (Lipinski definition) is 2. The number of fused-ring (bicyclic) bond motifs is 1. The summed E-state index contributed by atoms with van der Waals surface area (Å²) in [5.41, 5.74) is 1.67. The molecule has 0 atom stereocenters. The van der Waals surface area contributed by atoms with E-state index in [9.17, 15) is 9.90 Å². The van der Waals surface area contributed by atoms with E-state index in [0.717, 1.165) is 0 Å². The Hall–Kier alpha value is -2.76. The van der Waals surface area contributed by atoms with Gasteiger partial charge in [0.2, 0.25) is 5.78 Å². The topological polar surface area (TPSA) is 91.8 Å². The van der Waals surface area contributed by atoms with Crippen LogP contribution in [0.15, 0.2) is 36.9 Å². The van der Waals surface area contributed by atoms with Gasteiger partial charge in [-0.05, 0) is 24.3 Å². The van der Waals surface area contributed by atoms with Gasteiger partial charge in [-0.3, -0.25) is 4.79 Å². The van der Waals surface area contributed by atoms with Crippen LogP contribution in [0.2, 0.25) is 0 Å². The number of aromatic hydroxyl groups is 1. The maximum atomic E-state index is 12.2. The van der Waals surface area contributed by atoms with Crippen LogP contribution >= 0.6 is 0 Å². The summed E-state index contributed by atoms with van der Waals surface area (Å²) in [5, 5.41) is 9.19. The molecular formula is C12H8N4O2. The van der Waals surface area contributed by atoms with E-state index in [4.69, 9.17) is 0 Å². The lowest BCUT2D eigenvalue weighted by atomic mass is 10.1. The Bertz CT molecular complexity index is 718. The van der Waals surface area contributed by atoms with E-state index < -0.39 is 0 Å². The summed E-state index contributed by atoms with van der Waals surface area (Å²) in [6, 6.07) is 6.00. The molecule has 0 fully saturated rings. The maximum Gasteiger partial charge on any atom is 0.213 e. The molecule has 2 aromatic heterocycles. The molecule has 3 aromatic rings. The number of carbonyl (C=O) groups is 1. The molecule has 0 amide bonds. The minimum Gasteiger partial charge on any atom is -0.508 e. The third-order valence-corrected chi connectivity index (χ3v) is 2.57. The molecule has 3 rings (SSSR count). The van der Waals surface area contributed by atoms with Gasteiger partial charge in [-0.2, -0.15) is 0 Å². The van der Waals surface area contributed by atoms with Crippen LogP contribution in [0.4, 0.5) is 0 Å². The van der Waals surface area contributed by atoms with E-state index >= 15 is 0 Å². The van der Waals surface area contributed by atoms with E-state index in [1.54, 1.807) is 12.1 Å². The number of aromatic nitrogens is 4. The first-order valence-corrected chi connectivity index (χ1v) is 5.23. The van der Waals surface area contributed by atoms with Gasteiger partial charge in [0.1, 0.15) is 23.3 Å². The van der Waals surface area contributed by atoms with Crippen molar-refractivity contribution >= 4 is 16.9 Å². The zero-order valence-corrected chi connectivity index (χ0v) is 9.16. The Morgan fingerprint density at radius 1 is 1.11 bits per heavy atom. The van der Waals surface area contributed by atoms with E-state index in [0.29, 0.717) is 16.7 Å². The Labute approximate surface area is 101 Å². The molecule has 0 radical (unpaired) electrons. The summed E-state index contributed by atoms with van der Waals surface area (Å²) in [5.74, 6) is -0.132. The highest BCUT2D eigenvalue weighted by Gasteiger charge is 2.15. The normalized spacial score (nSPS) is 10.7. The predicted molar refractivity (Wildman–Crippen MR) is 63.2 cm³/mol. The Balaban J connectivity index is 2.12. The van der Waals surface area contributed by atoms with Gasteiger partial charge in [0.15, 0.2) is 5.65 Å². The predicted octanol–water partition coefficient (Wildman–Crippen LogP) is 1.29. The van der Waals surface area contributed by atoms with Crippen LogP contribution in [-0.2, 0) is 0 Å². The molecule has 0 aliphatic heterocycles. The molecule has 2 heterocycles. The number of ketones is 1. The van der Waals surface area contributed by atoms with Crippen LogP contribution < -0.4 is 0 Å².